The highest BCUT2D eigenvalue weighted by Crippen LogP contribution is 2.47. The van der Waals surface area contributed by atoms with Gasteiger partial charge >= 0.3 is 0 Å². The summed E-state index contributed by atoms with van der Waals surface area (Å²) in [5.74, 6) is 0. The molecule has 132 heavy (non-hydrogen) atoms. The third-order valence-electron chi connectivity index (χ3n) is 26.9. The summed E-state index contributed by atoms with van der Waals surface area (Å²) in [6.07, 6.45) is 0. The van der Waals surface area contributed by atoms with E-state index in [1.54, 1.807) is 0 Å². The lowest BCUT2D eigenvalue weighted by atomic mass is 10.0. The molecule has 0 amide bonds. The predicted octanol–water partition coefficient (Wildman–Crippen LogP) is 33.7. The van der Waals surface area contributed by atoms with Gasteiger partial charge in [0.05, 0.1) is 77.2 Å². The normalized spacial score (nSPS) is 11.8. The van der Waals surface area contributed by atoms with E-state index in [9.17, 15) is 0 Å². The molecule has 28 aromatic rings. The molecular formula is C124H87N7S. The highest BCUT2D eigenvalue weighted by atomic mass is 32.1. The fourth-order valence-corrected chi connectivity index (χ4v) is 22.3. The van der Waals surface area contributed by atoms with Gasteiger partial charge in [-0.1, -0.05) is 272 Å². The lowest BCUT2D eigenvalue weighted by Crippen LogP contribution is -1.94. The second-order valence-corrected chi connectivity index (χ2v) is 36.1. The van der Waals surface area contributed by atoms with Crippen molar-refractivity contribution in [1.82, 2.24) is 32.0 Å². The first-order valence-electron chi connectivity index (χ1n) is 45.4. The van der Waals surface area contributed by atoms with Crippen molar-refractivity contribution in [2.24, 2.45) is 0 Å². The number of rotatable bonds is 8. The average molecular weight is 1710 g/mol. The van der Waals surface area contributed by atoms with Gasteiger partial charge in [-0.05, 0) is 244 Å². The maximum absolute atomic E-state index is 2.41. The van der Waals surface area contributed by atoms with Crippen LogP contribution in [0.25, 0.3) is 224 Å². The van der Waals surface area contributed by atoms with Crippen molar-refractivity contribution in [3.8, 4) is 50.9 Å². The summed E-state index contributed by atoms with van der Waals surface area (Å²) < 4.78 is 19.5. The van der Waals surface area contributed by atoms with E-state index in [-0.39, 0.29) is 0 Å². The van der Waals surface area contributed by atoms with E-state index in [1.807, 2.05) is 11.3 Å². The molecule has 0 aliphatic rings. The van der Waals surface area contributed by atoms with Gasteiger partial charge < -0.3 is 32.0 Å². The molecular weight excluding hydrogens is 1620 g/mol. The number of aromatic nitrogens is 7. The minimum Gasteiger partial charge on any atom is -0.309 e. The van der Waals surface area contributed by atoms with E-state index >= 15 is 0 Å². The van der Waals surface area contributed by atoms with Crippen LogP contribution in [-0.2, 0) is 0 Å². The van der Waals surface area contributed by atoms with E-state index in [0.717, 1.165) is 0 Å². The van der Waals surface area contributed by atoms with E-state index in [1.165, 1.54) is 246 Å². The highest BCUT2D eigenvalue weighted by molar-refractivity contribution is 7.26. The Morgan fingerprint density at radius 2 is 0.402 bits per heavy atom. The smallest absolute Gasteiger partial charge is 0.0555 e. The fourth-order valence-electron chi connectivity index (χ4n) is 21.1. The van der Waals surface area contributed by atoms with Crippen LogP contribution in [0.4, 0.5) is 0 Å². The number of para-hydroxylation sites is 10. The summed E-state index contributed by atoms with van der Waals surface area (Å²) in [6, 6.07) is 165. The first-order valence-corrected chi connectivity index (χ1v) is 46.3. The fraction of sp³-hybridized carbons (Fsp3) is 0.0323. The zero-order valence-corrected chi connectivity index (χ0v) is 74.2. The molecule has 0 atom stereocenters. The number of hydrogen-bond donors (Lipinski definition) is 0. The molecule has 0 aliphatic heterocycles. The molecule has 0 unspecified atom stereocenters. The largest absolute Gasteiger partial charge is 0.309 e. The van der Waals surface area contributed by atoms with Crippen LogP contribution in [0, 0.1) is 27.7 Å². The standard InChI is InChI=1S/C37H26N2.2C31H22N2.C25H17NS/c1-25-10-9-13-29(22-25)39-35-17-8-6-15-31(35)33-24-27(19-21-37(33)39)26-18-20-36-32(23-26)30-14-5-7-16-34(30)38(36)28-11-3-2-4-12-28;1-21-10-9-13-23(18-21)33-29-17-8-6-15-25(29)27-19-30-26(20-31(27)33)24-14-5-7-16-28(24)32(30)22-11-3-2-4-12-22;1-21-15-17-23(18-16-21)33-29-14-8-6-12-25(29)27-19-30-26(20-31(27)33)24-11-5-7-13-28(24)32(30)22-9-3-2-4-10-22;1-16-7-6-8-17(15-16)26-21-11-4-2-10-20(21)24-22(26)14-13-19-18-9-3-5-12-23(18)27-25(19)24/h2-24H,1H3;2*2-20H,1H3;2-15H,1H3. The molecule has 0 fully saturated rings. The zero-order valence-electron chi connectivity index (χ0n) is 73.3. The van der Waals surface area contributed by atoms with Gasteiger partial charge in [0, 0.05) is 135 Å². The van der Waals surface area contributed by atoms with E-state index in [2.05, 4.69) is 515 Å². The lowest BCUT2D eigenvalue weighted by molar-refractivity contribution is 1.17. The molecule has 0 saturated heterocycles. The topological polar surface area (TPSA) is 34.5 Å². The van der Waals surface area contributed by atoms with Crippen LogP contribution < -0.4 is 0 Å². The van der Waals surface area contributed by atoms with Crippen LogP contribution in [0.2, 0.25) is 0 Å². The summed E-state index contributed by atoms with van der Waals surface area (Å²) in [4.78, 5) is 0. The molecule has 0 spiro atoms. The summed E-state index contributed by atoms with van der Waals surface area (Å²) in [6.45, 7) is 8.60. The third-order valence-corrected chi connectivity index (χ3v) is 28.1. The Labute approximate surface area is 766 Å². The number of benzene rings is 20. The van der Waals surface area contributed by atoms with Crippen molar-refractivity contribution < 1.29 is 0 Å². The number of fused-ring (bicyclic) bond motifs is 25. The maximum atomic E-state index is 2.41. The van der Waals surface area contributed by atoms with Crippen molar-refractivity contribution in [2.75, 3.05) is 0 Å². The van der Waals surface area contributed by atoms with Crippen molar-refractivity contribution in [1.29, 1.82) is 0 Å². The van der Waals surface area contributed by atoms with Crippen molar-refractivity contribution in [2.45, 2.75) is 27.7 Å². The molecule has 0 aliphatic carbocycles. The van der Waals surface area contributed by atoms with Gasteiger partial charge in [-0.15, -0.1) is 11.3 Å². The molecule has 624 valence electrons. The van der Waals surface area contributed by atoms with Crippen molar-refractivity contribution >= 4 is 184 Å². The Morgan fingerprint density at radius 1 is 0.144 bits per heavy atom. The van der Waals surface area contributed by atoms with Gasteiger partial charge in [0.15, 0.2) is 0 Å². The molecule has 0 radical (unpaired) electrons. The summed E-state index contributed by atoms with van der Waals surface area (Å²) in [5, 5.41) is 20.7. The molecule has 7 nitrogen and oxygen atoms in total. The van der Waals surface area contributed by atoms with Crippen LogP contribution in [-0.4, -0.2) is 32.0 Å². The predicted molar refractivity (Wildman–Crippen MR) is 563 cm³/mol. The van der Waals surface area contributed by atoms with Crippen LogP contribution in [0.15, 0.2) is 455 Å². The van der Waals surface area contributed by atoms with Crippen LogP contribution >= 0.6 is 11.3 Å². The summed E-state index contributed by atoms with van der Waals surface area (Å²) >= 11 is 1.90. The molecule has 0 saturated carbocycles. The lowest BCUT2D eigenvalue weighted by Gasteiger charge is -2.10. The van der Waals surface area contributed by atoms with Crippen LogP contribution in [0.3, 0.4) is 0 Å². The number of nitrogens with zero attached hydrogens (tertiary/aromatic N) is 7. The molecule has 8 heteroatoms. The van der Waals surface area contributed by atoms with Crippen LogP contribution in [0.1, 0.15) is 22.3 Å². The zero-order chi connectivity index (χ0) is 87.8. The Balaban J connectivity index is 0.0000000952. The number of thiophene rings is 1. The van der Waals surface area contributed by atoms with Crippen molar-refractivity contribution in [3.05, 3.63) is 477 Å². The number of aryl methyl sites for hydroxylation is 4. The highest BCUT2D eigenvalue weighted by Gasteiger charge is 2.24. The first kappa shape index (κ1) is 77.6. The van der Waals surface area contributed by atoms with Gasteiger partial charge in [0.25, 0.3) is 0 Å². The van der Waals surface area contributed by atoms with Gasteiger partial charge in [-0.25, -0.2) is 0 Å². The van der Waals surface area contributed by atoms with Gasteiger partial charge in [0.2, 0.25) is 0 Å². The van der Waals surface area contributed by atoms with E-state index in [4.69, 9.17) is 0 Å². The molecule has 20 aromatic carbocycles. The molecule has 8 heterocycles. The monoisotopic (exact) mass is 1710 g/mol. The summed E-state index contributed by atoms with van der Waals surface area (Å²) in [5.41, 5.74) is 33.3. The number of hydrogen-bond acceptors (Lipinski definition) is 1. The molecule has 0 bridgehead atoms. The first-order chi connectivity index (χ1) is 65.2. The van der Waals surface area contributed by atoms with Crippen LogP contribution in [0.5, 0.6) is 0 Å². The molecule has 0 N–H and O–H groups in total. The third kappa shape index (κ3) is 12.8. The average Bonchev–Trinajstić information content (AvgIpc) is 1.57. The Hall–Kier alpha value is -16.8. The van der Waals surface area contributed by atoms with E-state index in [0.29, 0.717) is 0 Å². The Kier molecular flexibility index (Phi) is 18.6. The Bertz CT molecular complexity index is 9450. The SMILES string of the molecule is Cc1ccc(-n2c3ccccc3c3cc4c(cc32)c2ccccc2n4-c2ccccc2)cc1.Cc1cccc(-n2c3ccccc3c3c4sc5ccccc5c4ccc32)c1.Cc1cccc(-n2c3ccccc3c3cc(-c4ccc5c(c4)c4ccccc4n5-c4ccccc4)ccc32)c1.Cc1cccc(-n2c3ccccc3c3cc4c(cc32)c2ccccc2n4-c2ccccc2)c1. The van der Waals surface area contributed by atoms with Gasteiger partial charge in [-0.3, -0.25) is 0 Å². The second-order valence-electron chi connectivity index (χ2n) is 35.0. The van der Waals surface area contributed by atoms with Crippen molar-refractivity contribution in [3.63, 3.8) is 0 Å². The molecule has 28 rings (SSSR count). The minimum atomic E-state index is 1.18. The minimum absolute atomic E-state index is 1.18. The summed E-state index contributed by atoms with van der Waals surface area (Å²) in [7, 11) is 0. The quantitative estimate of drug-likeness (QED) is 0.145. The maximum Gasteiger partial charge on any atom is 0.0555 e. The second kappa shape index (κ2) is 31.6. The van der Waals surface area contributed by atoms with Gasteiger partial charge in [0.1, 0.15) is 0 Å². The Morgan fingerprint density at radius 3 is 0.765 bits per heavy atom. The van der Waals surface area contributed by atoms with Gasteiger partial charge in [-0.2, -0.15) is 0 Å². The van der Waals surface area contributed by atoms with E-state index < -0.39 is 0 Å². The molecule has 8 aromatic heterocycles.